The summed E-state index contributed by atoms with van der Waals surface area (Å²) in [7, 11) is 0. The van der Waals surface area contributed by atoms with Crippen molar-refractivity contribution in [3.8, 4) is 0 Å². The summed E-state index contributed by atoms with van der Waals surface area (Å²) in [6.45, 7) is 4.23. The summed E-state index contributed by atoms with van der Waals surface area (Å²) >= 11 is 1.76. The molecule has 0 saturated carbocycles. The molecule has 2 unspecified atom stereocenters. The predicted octanol–water partition coefficient (Wildman–Crippen LogP) is 6.03. The van der Waals surface area contributed by atoms with E-state index in [1.54, 1.807) is 30.1 Å². The van der Waals surface area contributed by atoms with Crippen LogP contribution >= 0.6 is 11.8 Å². The largest absolute Gasteiger partial charge is 0.413 e. The van der Waals surface area contributed by atoms with Gasteiger partial charge in [-0.1, -0.05) is 38.1 Å². The second kappa shape index (κ2) is 8.44. The third-order valence-electron chi connectivity index (χ3n) is 8.48. The van der Waals surface area contributed by atoms with E-state index in [0.29, 0.717) is 31.3 Å². The van der Waals surface area contributed by atoms with Crippen molar-refractivity contribution in [3.63, 3.8) is 0 Å². The highest BCUT2D eigenvalue weighted by Gasteiger charge is 2.55. The molecule has 37 heavy (non-hydrogen) atoms. The highest BCUT2D eigenvalue weighted by molar-refractivity contribution is 7.99. The number of halogens is 4. The SMILES string of the molecule is CC1(C)CC(c2ccc(C(N3CCC4(CCSCC4)C3=O)C(F)(F)F)cc2)c2cnc3cc(F)nn3c21. The van der Waals surface area contributed by atoms with E-state index >= 15 is 0 Å². The molecule has 0 bridgehead atoms. The average molecular weight is 533 g/mol. The first-order valence-corrected chi connectivity index (χ1v) is 13.8. The van der Waals surface area contributed by atoms with Crippen molar-refractivity contribution >= 4 is 23.3 Å². The number of hydrogen-bond acceptors (Lipinski definition) is 4. The molecule has 196 valence electrons. The first kappa shape index (κ1) is 24.7. The third kappa shape index (κ3) is 3.94. The third-order valence-corrected chi connectivity index (χ3v) is 9.47. The smallest absolute Gasteiger partial charge is 0.326 e. The van der Waals surface area contributed by atoms with Crippen molar-refractivity contribution in [2.45, 2.75) is 63.1 Å². The number of benzene rings is 1. The maximum Gasteiger partial charge on any atom is 0.413 e. The molecule has 2 fully saturated rings. The van der Waals surface area contributed by atoms with E-state index in [2.05, 4.69) is 23.9 Å². The number of amides is 1. The second-order valence-electron chi connectivity index (χ2n) is 11.2. The minimum absolute atomic E-state index is 0.0760. The number of fused-ring (bicyclic) bond motifs is 3. The van der Waals surface area contributed by atoms with Crippen LogP contribution in [0.1, 0.15) is 73.9 Å². The van der Waals surface area contributed by atoms with Gasteiger partial charge in [0.2, 0.25) is 11.9 Å². The monoisotopic (exact) mass is 532 g/mol. The number of rotatable bonds is 3. The maximum atomic E-state index is 14.4. The van der Waals surface area contributed by atoms with Gasteiger partial charge in [0.05, 0.1) is 11.1 Å². The molecule has 1 aromatic carbocycles. The molecule has 2 aliphatic heterocycles. The predicted molar refractivity (Wildman–Crippen MR) is 133 cm³/mol. The van der Waals surface area contributed by atoms with Crippen molar-refractivity contribution < 1.29 is 22.4 Å². The summed E-state index contributed by atoms with van der Waals surface area (Å²) in [5.41, 5.74) is 2.15. The van der Waals surface area contributed by atoms with Crippen LogP contribution in [-0.4, -0.2) is 49.6 Å². The molecule has 3 aliphatic rings. The zero-order valence-corrected chi connectivity index (χ0v) is 21.5. The summed E-state index contributed by atoms with van der Waals surface area (Å²) in [5.74, 6) is 0.566. The van der Waals surface area contributed by atoms with Gasteiger partial charge in [-0.05, 0) is 48.3 Å². The minimum Gasteiger partial charge on any atom is -0.326 e. The maximum absolute atomic E-state index is 14.4. The van der Waals surface area contributed by atoms with E-state index in [0.717, 1.165) is 33.2 Å². The van der Waals surface area contributed by atoms with E-state index in [1.807, 2.05) is 0 Å². The second-order valence-corrected chi connectivity index (χ2v) is 12.4. The quantitative estimate of drug-likeness (QED) is 0.387. The van der Waals surface area contributed by atoms with Crippen LogP contribution < -0.4 is 0 Å². The van der Waals surface area contributed by atoms with Gasteiger partial charge in [0, 0.05) is 35.7 Å². The van der Waals surface area contributed by atoms with Crippen molar-refractivity contribution in [1.29, 1.82) is 0 Å². The Morgan fingerprint density at radius 1 is 1.11 bits per heavy atom. The van der Waals surface area contributed by atoms with Crippen molar-refractivity contribution in [3.05, 3.63) is 64.9 Å². The van der Waals surface area contributed by atoms with Crippen LogP contribution in [0, 0.1) is 11.4 Å². The van der Waals surface area contributed by atoms with Crippen LogP contribution in [0.5, 0.6) is 0 Å². The molecule has 2 atom stereocenters. The summed E-state index contributed by atoms with van der Waals surface area (Å²) in [4.78, 5) is 18.7. The normalized spacial score (nSPS) is 23.7. The van der Waals surface area contributed by atoms with Crippen molar-refractivity contribution in [2.75, 3.05) is 18.1 Å². The number of carbonyl (C=O) groups excluding carboxylic acids is 1. The first-order chi connectivity index (χ1) is 17.5. The molecule has 0 N–H and O–H groups in total. The number of likely N-dealkylation sites (tertiary alicyclic amines) is 1. The summed E-state index contributed by atoms with van der Waals surface area (Å²) in [5, 5.41) is 3.98. The van der Waals surface area contributed by atoms with Crippen LogP contribution in [-0.2, 0) is 10.2 Å². The Kier molecular flexibility index (Phi) is 5.64. The molecule has 1 aliphatic carbocycles. The fourth-order valence-corrected chi connectivity index (χ4v) is 7.92. The van der Waals surface area contributed by atoms with Crippen molar-refractivity contribution in [1.82, 2.24) is 19.5 Å². The molecule has 3 aromatic rings. The summed E-state index contributed by atoms with van der Waals surface area (Å²) < 4.78 is 58.6. The minimum atomic E-state index is -4.58. The molecule has 1 amide bonds. The van der Waals surface area contributed by atoms with Crippen molar-refractivity contribution in [2.24, 2.45) is 5.41 Å². The number of nitrogens with zero attached hydrogens (tertiary/aromatic N) is 4. The number of aromatic nitrogens is 3. The number of thioether (sulfide) groups is 1. The van der Waals surface area contributed by atoms with Gasteiger partial charge < -0.3 is 4.90 Å². The lowest BCUT2D eigenvalue weighted by Crippen LogP contribution is -2.43. The average Bonchev–Trinajstić information content (AvgIpc) is 3.46. The summed E-state index contributed by atoms with van der Waals surface area (Å²) in [6, 6.07) is 5.80. The Morgan fingerprint density at radius 2 is 1.81 bits per heavy atom. The van der Waals surface area contributed by atoms with Crippen LogP contribution in [0.25, 0.3) is 5.65 Å². The molecule has 2 aromatic heterocycles. The lowest BCUT2D eigenvalue weighted by atomic mass is 9.80. The van der Waals surface area contributed by atoms with Gasteiger partial charge in [-0.3, -0.25) is 4.79 Å². The topological polar surface area (TPSA) is 50.5 Å². The number of hydrogen-bond donors (Lipinski definition) is 0. The van der Waals surface area contributed by atoms with Gasteiger partial charge in [0.15, 0.2) is 11.7 Å². The fourth-order valence-electron chi connectivity index (χ4n) is 6.64. The highest BCUT2D eigenvalue weighted by atomic mass is 32.2. The van der Waals surface area contributed by atoms with Gasteiger partial charge in [0.1, 0.15) is 0 Å². The van der Waals surface area contributed by atoms with Crippen LogP contribution in [0.4, 0.5) is 17.6 Å². The zero-order valence-electron chi connectivity index (χ0n) is 20.7. The Labute approximate surface area is 216 Å². The first-order valence-electron chi connectivity index (χ1n) is 12.6. The number of carbonyl (C=O) groups is 1. The zero-order chi connectivity index (χ0) is 26.2. The Bertz CT molecular complexity index is 1360. The van der Waals surface area contributed by atoms with Gasteiger partial charge in [0.25, 0.3) is 0 Å². The fraction of sp³-hybridized carbons (Fsp3) is 0.519. The number of alkyl halides is 3. The Morgan fingerprint density at radius 3 is 2.49 bits per heavy atom. The lowest BCUT2D eigenvalue weighted by molar-refractivity contribution is -0.190. The molecule has 2 saturated heterocycles. The van der Waals surface area contributed by atoms with Gasteiger partial charge >= 0.3 is 6.18 Å². The summed E-state index contributed by atoms with van der Waals surface area (Å²) in [6.07, 6.45) is -0.377. The van der Waals surface area contributed by atoms with Gasteiger partial charge in [-0.2, -0.15) is 29.3 Å². The lowest BCUT2D eigenvalue weighted by Gasteiger charge is -2.35. The Hall–Kier alpha value is -2.62. The van der Waals surface area contributed by atoms with Crippen LogP contribution in [0.3, 0.4) is 0 Å². The molecule has 5 nitrogen and oxygen atoms in total. The van der Waals surface area contributed by atoms with Crippen LogP contribution in [0.2, 0.25) is 0 Å². The molecule has 4 heterocycles. The van der Waals surface area contributed by atoms with E-state index < -0.39 is 23.6 Å². The molecule has 6 rings (SSSR count). The Balaban J connectivity index is 1.33. The molecular weight excluding hydrogens is 504 g/mol. The molecule has 1 spiro atoms. The molecule has 10 heteroatoms. The molecular formula is C27H28F4N4OS. The van der Waals surface area contributed by atoms with Crippen LogP contribution in [0.15, 0.2) is 36.5 Å². The standard InChI is InChI=1S/C27H28F4N4OS/c1-25(2)14-18(19-15-32-21-13-20(28)33-35(21)23(19)25)16-3-5-17(6-4-16)22(27(29,30)31)34-10-7-26(24(34)36)8-11-37-12-9-26/h3-6,13,15,18,22H,7-12,14H2,1-2H3. The van der Waals surface area contributed by atoms with E-state index in [-0.39, 0.29) is 29.3 Å². The van der Waals surface area contributed by atoms with E-state index in [9.17, 15) is 22.4 Å². The van der Waals surface area contributed by atoms with Gasteiger partial charge in [-0.15, -0.1) is 5.10 Å². The van der Waals surface area contributed by atoms with E-state index in [4.69, 9.17) is 0 Å². The van der Waals surface area contributed by atoms with Gasteiger partial charge in [-0.25, -0.2) is 9.50 Å². The highest BCUT2D eigenvalue weighted by Crippen LogP contribution is 2.51. The molecule has 0 radical (unpaired) electrons. The van der Waals surface area contributed by atoms with E-state index in [1.165, 1.54) is 22.7 Å².